The van der Waals surface area contributed by atoms with Crippen LogP contribution in [0.4, 0.5) is 5.82 Å². The van der Waals surface area contributed by atoms with Gasteiger partial charge in [-0.3, -0.25) is 4.57 Å². The van der Waals surface area contributed by atoms with Crippen LogP contribution in [0.2, 0.25) is 0 Å². The summed E-state index contributed by atoms with van der Waals surface area (Å²) < 4.78 is 7.21. The highest BCUT2D eigenvalue weighted by molar-refractivity contribution is 9.09. The van der Waals surface area contributed by atoms with Gasteiger partial charge in [-0.2, -0.15) is 4.98 Å². The Labute approximate surface area is 132 Å². The summed E-state index contributed by atoms with van der Waals surface area (Å²) in [5.74, 6) is 0.168. The molecule has 3 N–H and O–H groups in total. The zero-order valence-electron chi connectivity index (χ0n) is 12.1. The lowest BCUT2D eigenvalue weighted by molar-refractivity contribution is -0.0207. The number of hydrogen-bond donors (Lipinski definition) is 2. The zero-order valence-corrected chi connectivity index (χ0v) is 14.6. The molecule has 2 heterocycles. The van der Waals surface area contributed by atoms with Crippen LogP contribution in [0.5, 0.6) is 0 Å². The first-order valence-corrected chi connectivity index (χ1v) is 10.7. The number of halogens is 1. The number of alkyl halides is 1. The predicted molar refractivity (Wildman–Crippen MR) is 90.9 cm³/mol. The van der Waals surface area contributed by atoms with E-state index in [1.165, 1.54) is 16.8 Å². The van der Waals surface area contributed by atoms with Crippen LogP contribution in [0.1, 0.15) is 12.6 Å². The smallest absolute Gasteiger partial charge is 0.351 e. The molecule has 8 heteroatoms. The normalized spacial score (nSPS) is 29.7. The molecule has 0 unspecified atom stereocenters. The lowest BCUT2D eigenvalue weighted by atomic mass is 10.1. The molecule has 21 heavy (non-hydrogen) atoms. The first kappa shape index (κ1) is 16.7. The molecule has 1 saturated heterocycles. The highest BCUT2D eigenvalue weighted by Gasteiger charge is 2.43. The summed E-state index contributed by atoms with van der Waals surface area (Å²) >= 11 is 3.42. The highest BCUT2D eigenvalue weighted by Crippen LogP contribution is 2.40. The van der Waals surface area contributed by atoms with Crippen molar-refractivity contribution in [3.63, 3.8) is 0 Å². The van der Waals surface area contributed by atoms with Crippen LogP contribution in [0.25, 0.3) is 0 Å². The van der Waals surface area contributed by atoms with Crippen molar-refractivity contribution >= 4 is 34.9 Å². The number of aromatic nitrogens is 2. The standard InChI is InChI=1S/C13H21BrN3O3P/c1-21(2,3)7-5-8-11(18)10(14)12(20-8)17-6-4-9(15)16-13(17)19/h4,6,8,10-12,18H,1,5,7H2,2-3H3,(H2,15,16,19)/t8-,10-,11-,12-/m1/s1. The first-order valence-electron chi connectivity index (χ1n) is 6.68. The van der Waals surface area contributed by atoms with Crippen molar-refractivity contribution in [1.29, 1.82) is 0 Å². The third kappa shape index (κ3) is 3.97. The Balaban J connectivity index is 2.16. The maximum atomic E-state index is 11.9. The molecular formula is C13H21BrN3O3P. The molecule has 0 radical (unpaired) electrons. The zero-order chi connectivity index (χ0) is 15.8. The minimum absolute atomic E-state index is 0.168. The van der Waals surface area contributed by atoms with Crippen LogP contribution in [0, 0.1) is 0 Å². The quantitative estimate of drug-likeness (QED) is 0.602. The molecule has 1 aliphatic heterocycles. The minimum atomic E-state index is -1.18. The summed E-state index contributed by atoms with van der Waals surface area (Å²) in [5.41, 5.74) is 5.00. The molecular weight excluding hydrogens is 357 g/mol. The summed E-state index contributed by atoms with van der Waals surface area (Å²) in [7, 11) is 0. The van der Waals surface area contributed by atoms with E-state index in [1.54, 1.807) is 0 Å². The Morgan fingerprint density at radius 1 is 1.62 bits per heavy atom. The van der Waals surface area contributed by atoms with Gasteiger partial charge in [0, 0.05) is 6.20 Å². The van der Waals surface area contributed by atoms with Crippen molar-refractivity contribution in [3.05, 3.63) is 22.7 Å². The fourth-order valence-corrected chi connectivity index (χ4v) is 3.94. The van der Waals surface area contributed by atoms with Crippen LogP contribution in [0.3, 0.4) is 0 Å². The molecule has 0 saturated carbocycles. The average Bonchev–Trinajstić information content (AvgIpc) is 2.64. The third-order valence-corrected chi connectivity index (χ3v) is 5.90. The molecule has 0 bridgehead atoms. The van der Waals surface area contributed by atoms with Crippen molar-refractivity contribution in [2.24, 2.45) is 0 Å². The van der Waals surface area contributed by atoms with Gasteiger partial charge in [-0.05, 0) is 32.0 Å². The first-order chi connectivity index (χ1) is 9.69. The second kappa shape index (κ2) is 6.24. The number of aliphatic hydroxyl groups excluding tert-OH is 1. The van der Waals surface area contributed by atoms with Gasteiger partial charge in [0.1, 0.15) is 5.82 Å². The largest absolute Gasteiger partial charge is 0.389 e. The summed E-state index contributed by atoms with van der Waals surface area (Å²) in [4.78, 5) is 15.2. The second-order valence-electron chi connectivity index (χ2n) is 5.99. The Hall–Kier alpha value is -0.620. The van der Waals surface area contributed by atoms with Crippen LogP contribution < -0.4 is 11.4 Å². The van der Waals surface area contributed by atoms with E-state index in [1.807, 2.05) is 0 Å². The lowest BCUT2D eigenvalue weighted by Gasteiger charge is -2.19. The maximum Gasteiger partial charge on any atom is 0.351 e. The van der Waals surface area contributed by atoms with Crippen molar-refractivity contribution in [3.8, 4) is 0 Å². The van der Waals surface area contributed by atoms with E-state index < -0.39 is 24.9 Å². The summed E-state index contributed by atoms with van der Waals surface area (Å²) in [6.07, 6.45) is 5.77. The molecule has 1 aromatic heterocycles. The molecule has 6 nitrogen and oxygen atoms in total. The van der Waals surface area contributed by atoms with Gasteiger partial charge < -0.3 is 15.6 Å². The second-order valence-corrected chi connectivity index (χ2v) is 11.4. The van der Waals surface area contributed by atoms with Crippen LogP contribution in [-0.2, 0) is 4.74 Å². The van der Waals surface area contributed by atoms with E-state index in [9.17, 15) is 9.90 Å². The molecule has 1 aliphatic rings. The Morgan fingerprint density at radius 2 is 2.29 bits per heavy atom. The van der Waals surface area contributed by atoms with E-state index in [2.05, 4.69) is 40.5 Å². The molecule has 2 rings (SSSR count). The monoisotopic (exact) mass is 377 g/mol. The summed E-state index contributed by atoms with van der Waals surface area (Å²) in [5, 5.41) is 10.3. The van der Waals surface area contributed by atoms with Gasteiger partial charge >= 0.3 is 5.69 Å². The minimum Gasteiger partial charge on any atom is -0.389 e. The molecule has 0 spiro atoms. The molecule has 0 aromatic carbocycles. The van der Waals surface area contributed by atoms with E-state index in [-0.39, 0.29) is 16.7 Å². The van der Waals surface area contributed by atoms with Gasteiger partial charge in [0.05, 0.1) is 17.0 Å². The van der Waals surface area contributed by atoms with E-state index >= 15 is 0 Å². The van der Waals surface area contributed by atoms with Gasteiger partial charge in [0.2, 0.25) is 0 Å². The lowest BCUT2D eigenvalue weighted by Crippen LogP contribution is -2.32. The van der Waals surface area contributed by atoms with Gasteiger partial charge in [-0.15, -0.1) is 13.2 Å². The fraction of sp³-hybridized carbons (Fsp3) is 0.615. The van der Waals surface area contributed by atoms with Crippen LogP contribution in [0.15, 0.2) is 17.1 Å². The summed E-state index contributed by atoms with van der Waals surface area (Å²) in [6.45, 7) is 3.11. The average molecular weight is 378 g/mol. The number of rotatable bonds is 4. The number of nitrogens with two attached hydrogens (primary N) is 1. The SMILES string of the molecule is C=P(C)(C)CC[C@H]1O[C@@H](n2ccc(N)nc2=O)[C@H](Br)[C@@H]1O. The highest BCUT2D eigenvalue weighted by atomic mass is 79.9. The van der Waals surface area contributed by atoms with E-state index in [4.69, 9.17) is 10.5 Å². The number of nitrogen functional groups attached to an aromatic ring is 1. The predicted octanol–water partition coefficient (Wildman–Crippen LogP) is 0.947. The van der Waals surface area contributed by atoms with Crippen LogP contribution >= 0.6 is 22.8 Å². The number of nitrogens with zero attached hydrogens (tertiary/aromatic N) is 2. The van der Waals surface area contributed by atoms with Gasteiger partial charge in [-0.25, -0.2) is 4.79 Å². The number of ether oxygens (including phenoxy) is 1. The Bertz CT molecular complexity index is 615. The fourth-order valence-electron chi connectivity index (χ4n) is 2.26. The van der Waals surface area contributed by atoms with Gasteiger partial charge in [0.15, 0.2) is 6.23 Å². The molecule has 0 amide bonds. The molecule has 1 fully saturated rings. The van der Waals surface area contributed by atoms with E-state index in [0.717, 1.165) is 12.6 Å². The van der Waals surface area contributed by atoms with Crippen LogP contribution in [-0.4, -0.2) is 57.5 Å². The molecule has 118 valence electrons. The molecule has 4 atom stereocenters. The Morgan fingerprint density at radius 3 is 2.86 bits per heavy atom. The van der Waals surface area contributed by atoms with Crippen molar-refractivity contribution in [1.82, 2.24) is 9.55 Å². The van der Waals surface area contributed by atoms with Gasteiger partial charge in [0.25, 0.3) is 0 Å². The topological polar surface area (TPSA) is 90.4 Å². The molecule has 0 aliphatic carbocycles. The summed E-state index contributed by atoms with van der Waals surface area (Å²) in [6, 6.07) is 1.54. The Kier molecular flexibility index (Phi) is 4.98. The maximum absolute atomic E-state index is 11.9. The number of hydrogen-bond acceptors (Lipinski definition) is 5. The van der Waals surface area contributed by atoms with Gasteiger partial charge in [-0.1, -0.05) is 15.9 Å². The molecule has 1 aromatic rings. The number of anilines is 1. The van der Waals surface area contributed by atoms with Crippen molar-refractivity contribution in [2.75, 3.05) is 25.2 Å². The van der Waals surface area contributed by atoms with E-state index in [0.29, 0.717) is 0 Å². The number of aliphatic hydroxyl groups is 1. The van der Waals surface area contributed by atoms with Crippen molar-refractivity contribution < 1.29 is 9.84 Å². The third-order valence-electron chi connectivity index (χ3n) is 3.44. The van der Waals surface area contributed by atoms with Crippen molar-refractivity contribution in [2.45, 2.75) is 29.7 Å².